The lowest BCUT2D eigenvalue weighted by Crippen LogP contribution is -2.23. The molecule has 0 unspecified atom stereocenters. The zero-order valence-electron chi connectivity index (χ0n) is 17.2. The van der Waals surface area contributed by atoms with E-state index < -0.39 is 0 Å². The molecule has 0 radical (unpaired) electrons. The summed E-state index contributed by atoms with van der Waals surface area (Å²) in [6.07, 6.45) is 1.07. The summed E-state index contributed by atoms with van der Waals surface area (Å²) in [5.74, 6) is 0.690. The van der Waals surface area contributed by atoms with Crippen LogP contribution in [0.1, 0.15) is 55.1 Å². The summed E-state index contributed by atoms with van der Waals surface area (Å²) in [5.41, 5.74) is 2.95. The lowest BCUT2D eigenvalue weighted by atomic mass is 9.87. The molecule has 0 aliphatic rings. The number of carbonyl (C=O) groups excluding carboxylic acids is 2. The Balaban J connectivity index is 1.67. The van der Waals surface area contributed by atoms with Crippen LogP contribution in [0.25, 0.3) is 0 Å². The SMILES string of the molecule is CNC(=O)c1ccc(CNC(=O)CCCOc2ccc(C(C)(C)C)cc2)cc1. The van der Waals surface area contributed by atoms with Crippen LogP contribution in [-0.4, -0.2) is 25.5 Å². The van der Waals surface area contributed by atoms with Gasteiger partial charge in [-0.25, -0.2) is 0 Å². The number of hydrogen-bond donors (Lipinski definition) is 2. The summed E-state index contributed by atoms with van der Waals surface area (Å²) in [6.45, 7) is 7.48. The van der Waals surface area contributed by atoms with E-state index in [4.69, 9.17) is 4.74 Å². The van der Waals surface area contributed by atoms with Crippen LogP contribution in [0.4, 0.5) is 0 Å². The van der Waals surface area contributed by atoms with Gasteiger partial charge in [0.15, 0.2) is 0 Å². The number of hydrogen-bond acceptors (Lipinski definition) is 3. The third-order valence-electron chi connectivity index (χ3n) is 4.47. The predicted molar refractivity (Wildman–Crippen MR) is 112 cm³/mol. The minimum atomic E-state index is -0.122. The van der Waals surface area contributed by atoms with E-state index in [-0.39, 0.29) is 17.2 Å². The molecule has 2 rings (SSSR count). The van der Waals surface area contributed by atoms with Crippen molar-refractivity contribution < 1.29 is 14.3 Å². The van der Waals surface area contributed by atoms with Crippen LogP contribution in [0.3, 0.4) is 0 Å². The van der Waals surface area contributed by atoms with Gasteiger partial charge in [0.25, 0.3) is 5.91 Å². The monoisotopic (exact) mass is 382 g/mol. The average Bonchev–Trinajstić information content (AvgIpc) is 2.69. The quantitative estimate of drug-likeness (QED) is 0.682. The molecule has 0 heterocycles. The fraction of sp³-hybridized carbons (Fsp3) is 0.391. The molecular weight excluding hydrogens is 352 g/mol. The molecule has 0 aliphatic heterocycles. The van der Waals surface area contributed by atoms with Crippen LogP contribution in [0.2, 0.25) is 0 Å². The van der Waals surface area contributed by atoms with Crippen molar-refractivity contribution >= 4 is 11.8 Å². The number of benzene rings is 2. The van der Waals surface area contributed by atoms with Gasteiger partial charge in [0.05, 0.1) is 6.61 Å². The van der Waals surface area contributed by atoms with E-state index in [0.29, 0.717) is 31.6 Å². The van der Waals surface area contributed by atoms with E-state index in [1.165, 1.54) is 5.56 Å². The van der Waals surface area contributed by atoms with E-state index >= 15 is 0 Å². The van der Waals surface area contributed by atoms with Gasteiger partial charge in [-0.3, -0.25) is 9.59 Å². The first-order valence-electron chi connectivity index (χ1n) is 9.60. The van der Waals surface area contributed by atoms with Crippen LogP contribution in [0, 0.1) is 0 Å². The maximum Gasteiger partial charge on any atom is 0.251 e. The molecule has 0 bridgehead atoms. The molecule has 2 amide bonds. The average molecular weight is 383 g/mol. The molecule has 2 aromatic carbocycles. The van der Waals surface area contributed by atoms with Crippen molar-refractivity contribution in [3.05, 3.63) is 65.2 Å². The largest absolute Gasteiger partial charge is 0.494 e. The normalized spacial score (nSPS) is 11.0. The molecule has 0 atom stereocenters. The Hall–Kier alpha value is -2.82. The van der Waals surface area contributed by atoms with Crippen molar-refractivity contribution in [2.45, 2.75) is 45.6 Å². The van der Waals surface area contributed by atoms with E-state index in [9.17, 15) is 9.59 Å². The van der Waals surface area contributed by atoms with E-state index in [1.54, 1.807) is 19.2 Å². The highest BCUT2D eigenvalue weighted by atomic mass is 16.5. The van der Waals surface area contributed by atoms with Crippen LogP contribution in [0.15, 0.2) is 48.5 Å². The van der Waals surface area contributed by atoms with E-state index in [0.717, 1.165) is 11.3 Å². The molecule has 2 N–H and O–H groups in total. The van der Waals surface area contributed by atoms with Gasteiger partial charge >= 0.3 is 0 Å². The van der Waals surface area contributed by atoms with Gasteiger partial charge in [-0.2, -0.15) is 0 Å². The molecule has 0 fully saturated rings. The lowest BCUT2D eigenvalue weighted by Gasteiger charge is -2.19. The predicted octanol–water partition coefficient (Wildman–Crippen LogP) is 3.82. The summed E-state index contributed by atoms with van der Waals surface area (Å²) in [5, 5.41) is 5.47. The second kappa shape index (κ2) is 9.93. The topological polar surface area (TPSA) is 67.4 Å². The maximum absolute atomic E-state index is 12.0. The van der Waals surface area contributed by atoms with Crippen molar-refractivity contribution in [3.63, 3.8) is 0 Å². The Morgan fingerprint density at radius 2 is 1.61 bits per heavy atom. The van der Waals surface area contributed by atoms with Gasteiger partial charge in [-0.05, 0) is 47.2 Å². The summed E-state index contributed by atoms with van der Waals surface area (Å²) in [6, 6.07) is 15.3. The van der Waals surface area contributed by atoms with Gasteiger partial charge in [0.1, 0.15) is 5.75 Å². The van der Waals surface area contributed by atoms with Crippen molar-refractivity contribution in [2.24, 2.45) is 0 Å². The number of nitrogens with one attached hydrogen (secondary N) is 2. The zero-order chi connectivity index (χ0) is 20.6. The van der Waals surface area contributed by atoms with Crippen LogP contribution >= 0.6 is 0 Å². The van der Waals surface area contributed by atoms with Gasteiger partial charge in [0.2, 0.25) is 5.91 Å². The molecule has 0 saturated carbocycles. The molecule has 0 saturated heterocycles. The molecule has 150 valence electrons. The lowest BCUT2D eigenvalue weighted by molar-refractivity contribution is -0.121. The Morgan fingerprint density at radius 1 is 0.964 bits per heavy atom. The smallest absolute Gasteiger partial charge is 0.251 e. The molecule has 0 spiro atoms. The minimum Gasteiger partial charge on any atom is -0.494 e. The molecule has 5 heteroatoms. The Morgan fingerprint density at radius 3 is 2.18 bits per heavy atom. The van der Waals surface area contributed by atoms with Gasteiger partial charge in [-0.1, -0.05) is 45.0 Å². The second-order valence-electron chi connectivity index (χ2n) is 7.78. The minimum absolute atomic E-state index is 0.0120. The highest BCUT2D eigenvalue weighted by Crippen LogP contribution is 2.24. The standard InChI is InChI=1S/C23H30N2O3/c1-23(2,3)19-11-13-20(14-12-19)28-15-5-6-21(26)25-16-17-7-9-18(10-8-17)22(27)24-4/h7-14H,5-6,15-16H2,1-4H3,(H,24,27)(H,25,26). The summed E-state index contributed by atoms with van der Waals surface area (Å²) < 4.78 is 5.72. The van der Waals surface area contributed by atoms with Crippen molar-refractivity contribution in [2.75, 3.05) is 13.7 Å². The second-order valence-corrected chi connectivity index (χ2v) is 7.78. The molecule has 0 aromatic heterocycles. The molecule has 5 nitrogen and oxygen atoms in total. The molecule has 0 aliphatic carbocycles. The van der Waals surface area contributed by atoms with Gasteiger partial charge < -0.3 is 15.4 Å². The van der Waals surface area contributed by atoms with Crippen LogP contribution in [0.5, 0.6) is 5.75 Å². The first-order chi connectivity index (χ1) is 13.3. The van der Waals surface area contributed by atoms with E-state index in [1.807, 2.05) is 24.3 Å². The Labute approximate surface area is 167 Å². The summed E-state index contributed by atoms with van der Waals surface area (Å²) in [7, 11) is 1.60. The fourth-order valence-electron chi connectivity index (χ4n) is 2.68. The maximum atomic E-state index is 12.0. The van der Waals surface area contributed by atoms with Crippen molar-refractivity contribution in [3.8, 4) is 5.75 Å². The Kier molecular flexibility index (Phi) is 7.61. The van der Waals surface area contributed by atoms with Crippen LogP contribution < -0.4 is 15.4 Å². The number of rotatable bonds is 8. The highest BCUT2D eigenvalue weighted by molar-refractivity contribution is 5.93. The number of ether oxygens (including phenoxy) is 1. The Bertz CT molecular complexity index is 775. The molecular formula is C23H30N2O3. The summed E-state index contributed by atoms with van der Waals surface area (Å²) >= 11 is 0. The van der Waals surface area contributed by atoms with E-state index in [2.05, 4.69) is 43.5 Å². The van der Waals surface area contributed by atoms with Crippen molar-refractivity contribution in [1.82, 2.24) is 10.6 Å². The third-order valence-corrected chi connectivity index (χ3v) is 4.47. The molecule has 2 aromatic rings. The zero-order valence-corrected chi connectivity index (χ0v) is 17.2. The van der Waals surface area contributed by atoms with Gasteiger partial charge in [0, 0.05) is 25.6 Å². The number of amides is 2. The highest BCUT2D eigenvalue weighted by Gasteiger charge is 2.13. The summed E-state index contributed by atoms with van der Waals surface area (Å²) in [4.78, 5) is 23.5. The first kappa shape index (κ1) is 21.5. The fourth-order valence-corrected chi connectivity index (χ4v) is 2.68. The van der Waals surface area contributed by atoms with Crippen molar-refractivity contribution in [1.29, 1.82) is 0 Å². The van der Waals surface area contributed by atoms with Gasteiger partial charge in [-0.15, -0.1) is 0 Å². The first-order valence-corrected chi connectivity index (χ1v) is 9.60. The molecule has 28 heavy (non-hydrogen) atoms. The third kappa shape index (κ3) is 6.72. The number of carbonyl (C=O) groups is 2. The van der Waals surface area contributed by atoms with Crippen LogP contribution in [-0.2, 0) is 16.8 Å².